The van der Waals surface area contributed by atoms with E-state index in [1.54, 1.807) is 18.7 Å². The van der Waals surface area contributed by atoms with Gasteiger partial charge < -0.3 is 14.6 Å². The van der Waals surface area contributed by atoms with Crippen LogP contribution in [-0.2, 0) is 11.3 Å². The van der Waals surface area contributed by atoms with Crippen LogP contribution >= 0.6 is 0 Å². The second-order valence-corrected chi connectivity index (χ2v) is 9.11. The lowest BCUT2D eigenvalue weighted by Gasteiger charge is -2.43. The third-order valence-corrected chi connectivity index (χ3v) is 6.68. The van der Waals surface area contributed by atoms with Gasteiger partial charge >= 0.3 is 5.69 Å². The van der Waals surface area contributed by atoms with Crippen molar-refractivity contribution in [1.82, 2.24) is 24.0 Å². The number of nitrogens with one attached hydrogen (secondary N) is 1. The van der Waals surface area contributed by atoms with E-state index in [0.717, 1.165) is 28.0 Å². The number of aromatic amines is 1. The van der Waals surface area contributed by atoms with Gasteiger partial charge in [0.25, 0.3) is 5.56 Å². The van der Waals surface area contributed by atoms with Gasteiger partial charge in [-0.3, -0.25) is 19.1 Å². The minimum absolute atomic E-state index is 0.111. The van der Waals surface area contributed by atoms with Crippen LogP contribution in [0.1, 0.15) is 41.9 Å². The zero-order chi connectivity index (χ0) is 23.4. The molecule has 1 amide bonds. The number of aromatic nitrogens is 4. The highest BCUT2D eigenvalue weighted by atomic mass is 16.3. The third kappa shape index (κ3) is 3.77. The molecule has 32 heavy (non-hydrogen) atoms. The van der Waals surface area contributed by atoms with Gasteiger partial charge in [0, 0.05) is 24.8 Å². The number of fused-ring (bicyclic) bond motifs is 1. The number of hydrogen-bond acceptors (Lipinski definition) is 5. The maximum atomic E-state index is 13.3. The molecule has 0 radical (unpaired) electrons. The van der Waals surface area contributed by atoms with Gasteiger partial charge in [-0.15, -0.1) is 0 Å². The number of carbonyl (C=O) groups is 1. The van der Waals surface area contributed by atoms with Gasteiger partial charge in [-0.1, -0.05) is 0 Å². The Bertz CT molecular complexity index is 1330. The van der Waals surface area contributed by atoms with Crippen LogP contribution in [-0.4, -0.2) is 53.7 Å². The number of likely N-dealkylation sites (tertiary alicyclic amines) is 1. The summed E-state index contributed by atoms with van der Waals surface area (Å²) >= 11 is 0. The lowest BCUT2D eigenvalue weighted by Crippen LogP contribution is -2.55. The first kappa shape index (κ1) is 22.0. The highest BCUT2D eigenvalue weighted by Crippen LogP contribution is 2.31. The third-order valence-electron chi connectivity index (χ3n) is 6.68. The molecule has 0 aliphatic carbocycles. The van der Waals surface area contributed by atoms with Crippen molar-refractivity contribution in [3.05, 3.63) is 61.7 Å². The van der Waals surface area contributed by atoms with E-state index in [1.807, 2.05) is 37.5 Å². The molecule has 3 heterocycles. The van der Waals surface area contributed by atoms with Crippen molar-refractivity contribution in [2.75, 3.05) is 13.1 Å². The fraction of sp³-hybridized carbons (Fsp3) is 0.478. The maximum Gasteiger partial charge on any atom is 0.328 e. The second-order valence-electron chi connectivity index (χ2n) is 9.11. The van der Waals surface area contributed by atoms with Gasteiger partial charge in [0.2, 0.25) is 5.91 Å². The lowest BCUT2D eigenvalue weighted by atomic mass is 9.88. The van der Waals surface area contributed by atoms with Crippen molar-refractivity contribution >= 4 is 16.9 Å². The van der Waals surface area contributed by atoms with E-state index in [2.05, 4.69) is 9.97 Å². The van der Waals surface area contributed by atoms with Crippen LogP contribution < -0.4 is 11.2 Å². The highest BCUT2D eigenvalue weighted by Gasteiger charge is 2.41. The summed E-state index contributed by atoms with van der Waals surface area (Å²) in [4.78, 5) is 46.0. The van der Waals surface area contributed by atoms with Crippen molar-refractivity contribution in [3.8, 4) is 0 Å². The van der Waals surface area contributed by atoms with Crippen LogP contribution in [0.25, 0.3) is 11.0 Å². The number of rotatable bonds is 3. The molecule has 170 valence electrons. The van der Waals surface area contributed by atoms with Crippen LogP contribution in [0, 0.1) is 27.7 Å². The largest absolute Gasteiger partial charge is 0.388 e. The minimum Gasteiger partial charge on any atom is -0.388 e. The van der Waals surface area contributed by atoms with Crippen LogP contribution in [0.5, 0.6) is 0 Å². The van der Waals surface area contributed by atoms with Crippen LogP contribution in [0.4, 0.5) is 0 Å². The quantitative estimate of drug-likeness (QED) is 0.640. The molecule has 1 saturated heterocycles. The molecule has 0 bridgehead atoms. The molecule has 1 aliphatic heterocycles. The molecule has 2 aromatic heterocycles. The Balaban J connectivity index is 1.63. The zero-order valence-corrected chi connectivity index (χ0v) is 19.1. The number of carbonyl (C=O) groups excluding carboxylic acids is 1. The molecule has 9 nitrogen and oxygen atoms in total. The summed E-state index contributed by atoms with van der Waals surface area (Å²) in [5.41, 5.74) is 2.17. The molecule has 0 unspecified atom stereocenters. The number of piperidine rings is 1. The number of benzene rings is 1. The number of aryl methyl sites for hydroxylation is 4. The average molecular weight is 440 g/mol. The first-order valence-corrected chi connectivity index (χ1v) is 10.7. The van der Waals surface area contributed by atoms with Crippen LogP contribution in [0.2, 0.25) is 0 Å². The number of imidazole rings is 1. The van der Waals surface area contributed by atoms with E-state index in [4.69, 9.17) is 0 Å². The molecule has 4 rings (SSSR count). The normalized spacial score (nSPS) is 21.3. The number of amides is 1. The number of H-pyrrole nitrogens is 1. The summed E-state index contributed by atoms with van der Waals surface area (Å²) in [5, 5.41) is 11.0. The van der Waals surface area contributed by atoms with E-state index in [0.29, 0.717) is 18.5 Å². The Morgan fingerprint density at radius 1 is 1.19 bits per heavy atom. The molecular formula is C23H29N5O4. The Hall–Kier alpha value is -3.20. The van der Waals surface area contributed by atoms with E-state index >= 15 is 0 Å². The van der Waals surface area contributed by atoms with Gasteiger partial charge in [0.05, 0.1) is 22.7 Å². The predicted octanol–water partition coefficient (Wildman–Crippen LogP) is 1.34. The Labute approximate surface area is 185 Å². The number of aliphatic hydroxyl groups is 1. The average Bonchev–Trinajstić information content (AvgIpc) is 2.99. The molecule has 3 aromatic rings. The number of nitrogens with zero attached hydrogens (tertiary/aromatic N) is 4. The predicted molar refractivity (Wildman–Crippen MR) is 121 cm³/mol. The van der Waals surface area contributed by atoms with E-state index in [9.17, 15) is 19.5 Å². The van der Waals surface area contributed by atoms with Crippen molar-refractivity contribution in [3.63, 3.8) is 0 Å². The molecular weight excluding hydrogens is 410 g/mol. The van der Waals surface area contributed by atoms with E-state index < -0.39 is 22.9 Å². The van der Waals surface area contributed by atoms with Gasteiger partial charge in [-0.25, -0.2) is 9.78 Å². The smallest absolute Gasteiger partial charge is 0.328 e. The molecule has 1 aliphatic rings. The van der Waals surface area contributed by atoms with Crippen molar-refractivity contribution in [2.45, 2.75) is 59.2 Å². The van der Waals surface area contributed by atoms with E-state index in [1.165, 1.54) is 10.8 Å². The monoisotopic (exact) mass is 439 g/mol. The van der Waals surface area contributed by atoms with Crippen molar-refractivity contribution in [2.24, 2.45) is 0 Å². The first-order chi connectivity index (χ1) is 15.0. The molecule has 0 spiro atoms. The summed E-state index contributed by atoms with van der Waals surface area (Å²) in [6.07, 6.45) is 1.77. The summed E-state index contributed by atoms with van der Waals surface area (Å²) in [5.74, 6) is 0.645. The van der Waals surface area contributed by atoms with E-state index in [-0.39, 0.29) is 19.0 Å². The SMILES string of the molecule is Cc1cc2nc(C)n(CC(=O)N3CC[C@@](C)(O)[C@H](n4cc(C)c(=O)[nH]c4=O)C3)c2cc1C. The van der Waals surface area contributed by atoms with Gasteiger partial charge in [0.15, 0.2) is 0 Å². The maximum absolute atomic E-state index is 13.3. The fourth-order valence-electron chi connectivity index (χ4n) is 4.39. The van der Waals surface area contributed by atoms with Crippen LogP contribution in [0.3, 0.4) is 0 Å². The topological polar surface area (TPSA) is 113 Å². The molecule has 2 N–H and O–H groups in total. The number of hydrogen-bond donors (Lipinski definition) is 2. The van der Waals surface area contributed by atoms with Crippen molar-refractivity contribution < 1.29 is 9.90 Å². The molecule has 2 atom stereocenters. The standard InChI is InChI=1S/C23H29N5O4/c1-13-8-17-18(9-14(13)2)27(16(4)24-17)12-20(29)26-7-6-23(5,32)19(11-26)28-10-15(3)21(30)25-22(28)31/h8-10,19,32H,6-7,11-12H2,1-5H3,(H,25,30,31)/t19-,23-/m1/s1. The van der Waals surface area contributed by atoms with Gasteiger partial charge in [-0.05, 0) is 64.3 Å². The Morgan fingerprint density at radius 2 is 1.88 bits per heavy atom. The minimum atomic E-state index is -1.20. The second kappa shape index (κ2) is 7.74. The zero-order valence-electron chi connectivity index (χ0n) is 19.1. The summed E-state index contributed by atoms with van der Waals surface area (Å²) < 4.78 is 3.24. The summed E-state index contributed by atoms with van der Waals surface area (Å²) in [6.45, 7) is 9.88. The Kier molecular flexibility index (Phi) is 5.32. The molecule has 0 saturated carbocycles. The molecule has 9 heteroatoms. The summed E-state index contributed by atoms with van der Waals surface area (Å²) in [7, 11) is 0. The van der Waals surface area contributed by atoms with Crippen molar-refractivity contribution in [1.29, 1.82) is 0 Å². The Morgan fingerprint density at radius 3 is 2.59 bits per heavy atom. The van der Waals surface area contributed by atoms with Gasteiger partial charge in [-0.2, -0.15) is 0 Å². The van der Waals surface area contributed by atoms with Gasteiger partial charge in [0.1, 0.15) is 12.4 Å². The van der Waals surface area contributed by atoms with Crippen LogP contribution in [0.15, 0.2) is 27.9 Å². The first-order valence-electron chi connectivity index (χ1n) is 10.7. The fourth-order valence-corrected chi connectivity index (χ4v) is 4.39. The molecule has 1 aromatic carbocycles. The summed E-state index contributed by atoms with van der Waals surface area (Å²) in [6, 6.07) is 3.40. The highest BCUT2D eigenvalue weighted by molar-refractivity contribution is 5.82. The lowest BCUT2D eigenvalue weighted by molar-refractivity contribution is -0.138. The molecule has 1 fully saturated rings.